The Morgan fingerprint density at radius 2 is 2.19 bits per heavy atom. The molecule has 0 bridgehead atoms. The highest BCUT2D eigenvalue weighted by atomic mass is 19.2. The molecule has 4 heteroatoms. The molecule has 0 fully saturated rings. The van der Waals surface area contributed by atoms with E-state index in [1.165, 1.54) is 12.3 Å². The Morgan fingerprint density at radius 1 is 1.38 bits per heavy atom. The van der Waals surface area contributed by atoms with Crippen molar-refractivity contribution >= 4 is 10.9 Å². The normalized spacial score (nSPS) is 10.4. The molecule has 0 aliphatic heterocycles. The maximum absolute atomic E-state index is 13.3. The summed E-state index contributed by atoms with van der Waals surface area (Å²) < 4.78 is 31.4. The SMILES string of the molecule is C=CCOc1cnc2c(F)c(F)ccc2c1. The van der Waals surface area contributed by atoms with Crippen molar-refractivity contribution in [2.45, 2.75) is 0 Å². The molecule has 1 heterocycles. The van der Waals surface area contributed by atoms with Crippen LogP contribution in [0.2, 0.25) is 0 Å². The summed E-state index contributed by atoms with van der Waals surface area (Å²) in [6, 6.07) is 4.13. The minimum Gasteiger partial charge on any atom is -0.488 e. The van der Waals surface area contributed by atoms with Gasteiger partial charge in [0.25, 0.3) is 0 Å². The molecule has 0 saturated heterocycles. The second kappa shape index (κ2) is 4.26. The molecule has 2 nitrogen and oxygen atoms in total. The summed E-state index contributed by atoms with van der Waals surface area (Å²) in [5.74, 6) is -1.34. The van der Waals surface area contributed by atoms with Crippen molar-refractivity contribution in [3.8, 4) is 5.75 Å². The molecule has 0 N–H and O–H groups in total. The van der Waals surface area contributed by atoms with Crippen LogP contribution in [0.4, 0.5) is 8.78 Å². The zero-order chi connectivity index (χ0) is 11.5. The number of hydrogen-bond donors (Lipinski definition) is 0. The van der Waals surface area contributed by atoms with Gasteiger partial charge in [-0.15, -0.1) is 0 Å². The number of ether oxygens (including phenoxy) is 1. The molecule has 1 aromatic heterocycles. The Bertz CT molecular complexity index is 540. The van der Waals surface area contributed by atoms with Crippen LogP contribution in [-0.4, -0.2) is 11.6 Å². The number of rotatable bonds is 3. The first-order chi connectivity index (χ1) is 7.72. The Labute approximate surface area is 91.2 Å². The molecule has 0 radical (unpaired) electrons. The highest BCUT2D eigenvalue weighted by Gasteiger charge is 2.08. The van der Waals surface area contributed by atoms with E-state index in [1.54, 1.807) is 12.1 Å². The molecular weight excluding hydrogens is 212 g/mol. The van der Waals surface area contributed by atoms with Crippen LogP contribution in [0.25, 0.3) is 10.9 Å². The standard InChI is InChI=1S/C12H9F2NO/c1-2-5-16-9-6-8-3-4-10(13)11(14)12(8)15-7-9/h2-4,6-7H,1,5H2. The van der Waals surface area contributed by atoms with E-state index in [1.807, 2.05) is 0 Å². The summed E-state index contributed by atoms with van der Waals surface area (Å²) >= 11 is 0. The van der Waals surface area contributed by atoms with Gasteiger partial charge >= 0.3 is 0 Å². The van der Waals surface area contributed by atoms with Crippen molar-refractivity contribution in [1.29, 1.82) is 0 Å². The van der Waals surface area contributed by atoms with E-state index in [2.05, 4.69) is 11.6 Å². The van der Waals surface area contributed by atoms with E-state index in [0.717, 1.165) is 6.07 Å². The summed E-state index contributed by atoms with van der Waals surface area (Å²) in [5, 5.41) is 0.500. The average Bonchev–Trinajstić information content (AvgIpc) is 2.31. The fourth-order valence-corrected chi connectivity index (χ4v) is 1.36. The fourth-order valence-electron chi connectivity index (χ4n) is 1.36. The molecular formula is C12H9F2NO. The second-order valence-electron chi connectivity index (χ2n) is 3.20. The third-order valence-corrected chi connectivity index (χ3v) is 2.09. The lowest BCUT2D eigenvalue weighted by Crippen LogP contribution is -1.95. The lowest BCUT2D eigenvalue weighted by molar-refractivity contribution is 0.362. The molecule has 0 spiro atoms. The predicted molar refractivity (Wildman–Crippen MR) is 57.4 cm³/mol. The zero-order valence-electron chi connectivity index (χ0n) is 8.41. The smallest absolute Gasteiger partial charge is 0.184 e. The molecule has 0 amide bonds. The number of nitrogens with zero attached hydrogens (tertiary/aromatic N) is 1. The summed E-state index contributed by atoms with van der Waals surface area (Å²) in [6.07, 6.45) is 2.95. The molecule has 0 atom stereocenters. The van der Waals surface area contributed by atoms with E-state index >= 15 is 0 Å². The Kier molecular flexibility index (Phi) is 2.81. The van der Waals surface area contributed by atoms with Crippen LogP contribution in [0, 0.1) is 11.6 Å². The first-order valence-corrected chi connectivity index (χ1v) is 4.70. The summed E-state index contributed by atoms with van der Waals surface area (Å²) in [6.45, 7) is 3.85. The van der Waals surface area contributed by atoms with E-state index < -0.39 is 11.6 Å². The maximum atomic E-state index is 13.3. The first-order valence-electron chi connectivity index (χ1n) is 4.70. The van der Waals surface area contributed by atoms with Gasteiger partial charge in [0.15, 0.2) is 11.6 Å². The molecule has 1 aromatic carbocycles. The van der Waals surface area contributed by atoms with Crippen LogP contribution >= 0.6 is 0 Å². The van der Waals surface area contributed by atoms with Crippen LogP contribution in [0.3, 0.4) is 0 Å². The summed E-state index contributed by atoms with van der Waals surface area (Å²) in [7, 11) is 0. The molecule has 0 saturated carbocycles. The minimum atomic E-state index is -0.937. The fraction of sp³-hybridized carbons (Fsp3) is 0.0833. The van der Waals surface area contributed by atoms with Crippen molar-refractivity contribution in [2.75, 3.05) is 6.61 Å². The molecule has 0 aliphatic carbocycles. The van der Waals surface area contributed by atoms with Gasteiger partial charge in [-0.3, -0.25) is 0 Å². The molecule has 0 unspecified atom stereocenters. The predicted octanol–water partition coefficient (Wildman–Crippen LogP) is 3.08. The monoisotopic (exact) mass is 221 g/mol. The van der Waals surface area contributed by atoms with Gasteiger partial charge < -0.3 is 4.74 Å². The minimum absolute atomic E-state index is 0.00551. The van der Waals surface area contributed by atoms with Crippen LogP contribution in [-0.2, 0) is 0 Å². The van der Waals surface area contributed by atoms with Crippen molar-refractivity contribution in [3.63, 3.8) is 0 Å². The largest absolute Gasteiger partial charge is 0.488 e. The van der Waals surface area contributed by atoms with Gasteiger partial charge in [0.2, 0.25) is 0 Å². The Hall–Kier alpha value is -1.97. The van der Waals surface area contributed by atoms with Crippen molar-refractivity contribution in [3.05, 3.63) is 48.7 Å². The summed E-state index contributed by atoms with van der Waals surface area (Å²) in [4.78, 5) is 3.82. The zero-order valence-corrected chi connectivity index (χ0v) is 8.41. The van der Waals surface area contributed by atoms with Crippen LogP contribution in [0.1, 0.15) is 0 Å². The number of halogens is 2. The van der Waals surface area contributed by atoms with Gasteiger partial charge in [-0.25, -0.2) is 13.8 Å². The van der Waals surface area contributed by atoms with E-state index in [0.29, 0.717) is 17.7 Å². The number of pyridine rings is 1. The van der Waals surface area contributed by atoms with Crippen molar-refractivity contribution < 1.29 is 13.5 Å². The van der Waals surface area contributed by atoms with Gasteiger partial charge in [-0.2, -0.15) is 0 Å². The molecule has 16 heavy (non-hydrogen) atoms. The van der Waals surface area contributed by atoms with E-state index in [9.17, 15) is 8.78 Å². The highest BCUT2D eigenvalue weighted by molar-refractivity contribution is 5.80. The molecule has 2 aromatic rings. The highest BCUT2D eigenvalue weighted by Crippen LogP contribution is 2.22. The maximum Gasteiger partial charge on any atom is 0.184 e. The number of hydrogen-bond acceptors (Lipinski definition) is 2. The molecule has 2 rings (SSSR count). The van der Waals surface area contributed by atoms with Gasteiger partial charge in [0.05, 0.1) is 6.20 Å². The summed E-state index contributed by atoms with van der Waals surface area (Å²) in [5.41, 5.74) is 0.00551. The van der Waals surface area contributed by atoms with Crippen LogP contribution < -0.4 is 4.74 Å². The van der Waals surface area contributed by atoms with Crippen molar-refractivity contribution in [1.82, 2.24) is 4.98 Å². The van der Waals surface area contributed by atoms with Crippen LogP contribution in [0.15, 0.2) is 37.1 Å². The average molecular weight is 221 g/mol. The molecule has 82 valence electrons. The van der Waals surface area contributed by atoms with Gasteiger partial charge in [0.1, 0.15) is 17.9 Å². The quantitative estimate of drug-likeness (QED) is 0.743. The molecule has 0 aliphatic rings. The number of fused-ring (bicyclic) bond motifs is 1. The van der Waals surface area contributed by atoms with E-state index in [4.69, 9.17) is 4.74 Å². The van der Waals surface area contributed by atoms with Gasteiger partial charge in [-0.05, 0) is 18.2 Å². The van der Waals surface area contributed by atoms with Gasteiger partial charge in [-0.1, -0.05) is 12.7 Å². The third-order valence-electron chi connectivity index (χ3n) is 2.09. The number of benzene rings is 1. The third kappa shape index (κ3) is 1.86. The lowest BCUT2D eigenvalue weighted by atomic mass is 10.2. The van der Waals surface area contributed by atoms with Crippen molar-refractivity contribution in [2.24, 2.45) is 0 Å². The first kappa shape index (κ1) is 10.5. The Balaban J connectivity index is 2.47. The Morgan fingerprint density at radius 3 is 2.94 bits per heavy atom. The van der Waals surface area contributed by atoms with Gasteiger partial charge in [0, 0.05) is 5.39 Å². The lowest BCUT2D eigenvalue weighted by Gasteiger charge is -2.04. The number of aromatic nitrogens is 1. The van der Waals surface area contributed by atoms with E-state index in [-0.39, 0.29) is 5.52 Å². The second-order valence-corrected chi connectivity index (χ2v) is 3.20. The van der Waals surface area contributed by atoms with Crippen LogP contribution in [0.5, 0.6) is 5.75 Å². The topological polar surface area (TPSA) is 22.1 Å².